The predicted molar refractivity (Wildman–Crippen MR) is 86.5 cm³/mol. The summed E-state index contributed by atoms with van der Waals surface area (Å²) in [5, 5.41) is 15.5. The number of aliphatic hydroxyl groups excluding tert-OH is 1. The van der Waals surface area contributed by atoms with Crippen LogP contribution in [0.25, 0.3) is 0 Å². The van der Waals surface area contributed by atoms with Crippen molar-refractivity contribution < 1.29 is 19.5 Å². The van der Waals surface area contributed by atoms with Crippen LogP contribution in [-0.2, 0) is 4.79 Å². The normalized spacial score (nSPS) is 24.2. The van der Waals surface area contributed by atoms with Crippen molar-refractivity contribution in [2.45, 2.75) is 26.0 Å². The number of amides is 3. The molecule has 7 heteroatoms. The predicted octanol–water partition coefficient (Wildman–Crippen LogP) is -0.324. The van der Waals surface area contributed by atoms with Gasteiger partial charge >= 0.3 is 0 Å². The van der Waals surface area contributed by atoms with Gasteiger partial charge < -0.3 is 15.7 Å². The summed E-state index contributed by atoms with van der Waals surface area (Å²) in [6.07, 6.45) is -0.497. The fraction of sp³-hybridized carbons (Fsp3) is 0.471. The monoisotopic (exact) mass is 331 g/mol. The minimum Gasteiger partial charge on any atom is -0.391 e. The van der Waals surface area contributed by atoms with Crippen LogP contribution in [0.1, 0.15) is 33.2 Å². The number of aliphatic hydroxyl groups is 1. The lowest BCUT2D eigenvalue weighted by Gasteiger charge is -2.23. The second kappa shape index (κ2) is 6.33. The summed E-state index contributed by atoms with van der Waals surface area (Å²) in [5.41, 5.74) is 1.56. The van der Waals surface area contributed by atoms with E-state index in [1.807, 2.05) is 6.92 Å². The zero-order chi connectivity index (χ0) is 17.4. The van der Waals surface area contributed by atoms with E-state index in [2.05, 4.69) is 10.6 Å². The SMILES string of the molecule is Cc1ccc2c(c1)C(=O)N(C(C)C(=O)NCC1CNCC1O)C2=O. The quantitative estimate of drug-likeness (QED) is 0.657. The summed E-state index contributed by atoms with van der Waals surface area (Å²) in [4.78, 5) is 38.3. The number of rotatable bonds is 4. The number of fused-ring (bicyclic) bond motifs is 1. The maximum absolute atomic E-state index is 12.5. The summed E-state index contributed by atoms with van der Waals surface area (Å²) >= 11 is 0. The van der Waals surface area contributed by atoms with Crippen molar-refractivity contribution in [3.63, 3.8) is 0 Å². The Morgan fingerprint density at radius 3 is 2.71 bits per heavy atom. The molecule has 3 atom stereocenters. The lowest BCUT2D eigenvalue weighted by atomic mass is 10.1. The number of nitrogens with zero attached hydrogens (tertiary/aromatic N) is 1. The molecule has 3 amide bonds. The first-order valence-corrected chi connectivity index (χ1v) is 8.05. The molecule has 0 spiro atoms. The molecule has 1 aromatic carbocycles. The van der Waals surface area contributed by atoms with E-state index in [1.165, 1.54) is 6.92 Å². The molecule has 2 heterocycles. The zero-order valence-corrected chi connectivity index (χ0v) is 13.7. The highest BCUT2D eigenvalue weighted by Crippen LogP contribution is 2.25. The standard InChI is InChI=1S/C17H21N3O4/c1-9-3-4-12-13(5-9)17(24)20(16(12)23)10(2)15(22)19-7-11-6-18-8-14(11)21/h3-5,10-11,14,18,21H,6-8H2,1-2H3,(H,19,22). The van der Waals surface area contributed by atoms with E-state index in [1.54, 1.807) is 18.2 Å². The summed E-state index contributed by atoms with van der Waals surface area (Å²) in [7, 11) is 0. The lowest BCUT2D eigenvalue weighted by molar-refractivity contribution is -0.124. The molecular weight excluding hydrogens is 310 g/mol. The maximum atomic E-state index is 12.5. The van der Waals surface area contributed by atoms with Gasteiger partial charge in [-0.2, -0.15) is 0 Å². The Labute approximate surface area is 140 Å². The van der Waals surface area contributed by atoms with Crippen molar-refractivity contribution in [3.8, 4) is 0 Å². The molecule has 2 aliphatic rings. The molecule has 0 aliphatic carbocycles. The molecule has 0 bridgehead atoms. The number of nitrogens with one attached hydrogen (secondary N) is 2. The van der Waals surface area contributed by atoms with E-state index in [9.17, 15) is 19.5 Å². The largest absolute Gasteiger partial charge is 0.391 e. The molecule has 24 heavy (non-hydrogen) atoms. The third-order valence-corrected chi connectivity index (χ3v) is 4.68. The summed E-state index contributed by atoms with van der Waals surface area (Å²) in [6, 6.07) is 4.16. The minimum atomic E-state index is -0.899. The van der Waals surface area contributed by atoms with E-state index in [-0.39, 0.29) is 5.92 Å². The Bertz CT molecular complexity index is 703. The van der Waals surface area contributed by atoms with Crippen LogP contribution in [-0.4, -0.2) is 59.5 Å². The van der Waals surface area contributed by atoms with Crippen molar-refractivity contribution in [3.05, 3.63) is 34.9 Å². The van der Waals surface area contributed by atoms with Crippen molar-refractivity contribution in [1.82, 2.24) is 15.5 Å². The van der Waals surface area contributed by atoms with Crippen LogP contribution in [0, 0.1) is 12.8 Å². The van der Waals surface area contributed by atoms with Crippen LogP contribution in [0.3, 0.4) is 0 Å². The van der Waals surface area contributed by atoms with Crippen molar-refractivity contribution in [2.24, 2.45) is 5.92 Å². The highest BCUT2D eigenvalue weighted by Gasteiger charge is 2.41. The zero-order valence-electron chi connectivity index (χ0n) is 13.7. The van der Waals surface area contributed by atoms with Crippen LogP contribution in [0.2, 0.25) is 0 Å². The summed E-state index contributed by atoms with van der Waals surface area (Å²) in [6.45, 7) is 4.82. The van der Waals surface area contributed by atoms with Gasteiger partial charge in [-0.25, -0.2) is 0 Å². The van der Waals surface area contributed by atoms with E-state index < -0.39 is 29.9 Å². The van der Waals surface area contributed by atoms with Gasteiger partial charge in [-0.15, -0.1) is 0 Å². The molecule has 0 aromatic heterocycles. The van der Waals surface area contributed by atoms with Crippen LogP contribution in [0.15, 0.2) is 18.2 Å². The van der Waals surface area contributed by atoms with Gasteiger partial charge in [0.1, 0.15) is 6.04 Å². The van der Waals surface area contributed by atoms with Gasteiger partial charge in [0.2, 0.25) is 5.91 Å². The fourth-order valence-corrected chi connectivity index (χ4v) is 3.15. The molecule has 3 rings (SSSR count). The van der Waals surface area contributed by atoms with Crippen LogP contribution in [0.5, 0.6) is 0 Å². The number of benzene rings is 1. The average Bonchev–Trinajstić information content (AvgIpc) is 3.06. The summed E-state index contributed by atoms with van der Waals surface area (Å²) in [5.74, 6) is -1.35. The first kappa shape index (κ1) is 16.6. The van der Waals surface area contributed by atoms with E-state index >= 15 is 0 Å². The second-order valence-electron chi connectivity index (χ2n) is 6.44. The molecule has 7 nitrogen and oxygen atoms in total. The Morgan fingerprint density at radius 2 is 2.04 bits per heavy atom. The Balaban J connectivity index is 1.69. The number of β-amino-alcohol motifs (C(OH)–C–C–N with tert-alkyl or cyclic N) is 1. The van der Waals surface area contributed by atoms with Crippen molar-refractivity contribution in [1.29, 1.82) is 0 Å². The molecule has 0 radical (unpaired) electrons. The molecule has 1 aromatic rings. The summed E-state index contributed by atoms with van der Waals surface area (Å²) < 4.78 is 0. The van der Waals surface area contributed by atoms with Gasteiger partial charge in [0, 0.05) is 25.6 Å². The Hall–Kier alpha value is -2.25. The Kier molecular flexibility index (Phi) is 4.38. The number of carbonyl (C=O) groups excluding carboxylic acids is 3. The second-order valence-corrected chi connectivity index (χ2v) is 6.44. The van der Waals surface area contributed by atoms with Crippen LogP contribution >= 0.6 is 0 Å². The molecule has 1 fully saturated rings. The minimum absolute atomic E-state index is 0.0639. The Morgan fingerprint density at radius 1 is 1.33 bits per heavy atom. The van der Waals surface area contributed by atoms with Gasteiger partial charge in [0.05, 0.1) is 17.2 Å². The lowest BCUT2D eigenvalue weighted by Crippen LogP contribution is -2.49. The first-order valence-electron chi connectivity index (χ1n) is 8.05. The first-order chi connectivity index (χ1) is 11.4. The third kappa shape index (κ3) is 2.81. The number of carbonyl (C=O) groups is 3. The molecular formula is C17H21N3O4. The van der Waals surface area contributed by atoms with Gasteiger partial charge in [0.15, 0.2) is 0 Å². The third-order valence-electron chi connectivity index (χ3n) is 4.68. The average molecular weight is 331 g/mol. The number of imide groups is 1. The molecule has 1 saturated heterocycles. The van der Waals surface area contributed by atoms with E-state index in [4.69, 9.17) is 0 Å². The maximum Gasteiger partial charge on any atom is 0.262 e. The van der Waals surface area contributed by atoms with Crippen LogP contribution in [0.4, 0.5) is 0 Å². The van der Waals surface area contributed by atoms with Gasteiger partial charge in [0.25, 0.3) is 11.8 Å². The van der Waals surface area contributed by atoms with Crippen molar-refractivity contribution >= 4 is 17.7 Å². The molecule has 128 valence electrons. The highest BCUT2D eigenvalue weighted by molar-refractivity contribution is 6.22. The molecule has 3 unspecified atom stereocenters. The van der Waals surface area contributed by atoms with E-state index in [0.29, 0.717) is 30.8 Å². The fourth-order valence-electron chi connectivity index (χ4n) is 3.15. The number of aryl methyl sites for hydroxylation is 1. The number of hydrogen-bond acceptors (Lipinski definition) is 5. The molecule has 3 N–H and O–H groups in total. The van der Waals surface area contributed by atoms with Crippen LogP contribution < -0.4 is 10.6 Å². The van der Waals surface area contributed by atoms with Gasteiger partial charge in [-0.05, 0) is 26.0 Å². The van der Waals surface area contributed by atoms with Gasteiger partial charge in [-0.3, -0.25) is 19.3 Å². The van der Waals surface area contributed by atoms with E-state index in [0.717, 1.165) is 10.5 Å². The smallest absolute Gasteiger partial charge is 0.262 e. The number of hydrogen-bond donors (Lipinski definition) is 3. The molecule has 2 aliphatic heterocycles. The molecule has 0 saturated carbocycles. The topological polar surface area (TPSA) is 98.7 Å². The van der Waals surface area contributed by atoms with Crippen molar-refractivity contribution in [2.75, 3.05) is 19.6 Å². The van der Waals surface area contributed by atoms with Gasteiger partial charge in [-0.1, -0.05) is 11.6 Å². The highest BCUT2D eigenvalue weighted by atomic mass is 16.3.